The van der Waals surface area contributed by atoms with Crippen molar-refractivity contribution in [1.29, 1.82) is 0 Å². The van der Waals surface area contributed by atoms with Gasteiger partial charge in [-0.25, -0.2) is 17.8 Å². The van der Waals surface area contributed by atoms with E-state index in [0.29, 0.717) is 5.69 Å². The zero-order chi connectivity index (χ0) is 19.4. The maximum atomic E-state index is 13.1. The first-order valence-corrected chi connectivity index (χ1v) is 10.8. The summed E-state index contributed by atoms with van der Waals surface area (Å²) in [4.78, 5) is 16.3. The normalized spacial score (nSPS) is 11.3. The summed E-state index contributed by atoms with van der Waals surface area (Å²) < 4.78 is 37.7. The van der Waals surface area contributed by atoms with E-state index >= 15 is 0 Å². The van der Waals surface area contributed by atoms with Crippen LogP contribution >= 0.6 is 11.3 Å². The van der Waals surface area contributed by atoms with E-state index < -0.39 is 27.3 Å². The predicted octanol–water partition coefficient (Wildman–Crippen LogP) is 3.81. The molecule has 5 nitrogen and oxygen atoms in total. The van der Waals surface area contributed by atoms with Crippen LogP contribution in [0.3, 0.4) is 0 Å². The molecule has 0 unspecified atom stereocenters. The molecule has 0 spiro atoms. The lowest BCUT2D eigenvalue weighted by Gasteiger charge is -2.05. The number of thiazole rings is 1. The molecule has 1 N–H and O–H groups in total. The average Bonchev–Trinajstić information content (AvgIpc) is 3.02. The number of anilines is 1. The number of hydrogen-bond acceptors (Lipinski definition) is 5. The molecular weight excluding hydrogens is 387 g/mol. The van der Waals surface area contributed by atoms with E-state index in [1.54, 1.807) is 5.38 Å². The Morgan fingerprint density at radius 2 is 1.93 bits per heavy atom. The Balaban J connectivity index is 1.64. The molecule has 0 fully saturated rings. The van der Waals surface area contributed by atoms with Crippen LogP contribution in [-0.2, 0) is 20.4 Å². The fraction of sp³-hybridized carbons (Fsp3) is 0.158. The largest absolute Gasteiger partial charge is 0.325 e. The smallest absolute Gasteiger partial charge is 0.239 e. The number of hydrogen-bond donors (Lipinski definition) is 1. The second-order valence-corrected chi connectivity index (χ2v) is 9.02. The van der Waals surface area contributed by atoms with Crippen molar-refractivity contribution in [2.24, 2.45) is 0 Å². The van der Waals surface area contributed by atoms with E-state index in [1.165, 1.54) is 29.5 Å². The number of aromatic nitrogens is 1. The number of nitrogens with zero attached hydrogens (tertiary/aromatic N) is 1. The Bertz CT molecular complexity index is 1060. The predicted molar refractivity (Wildman–Crippen MR) is 105 cm³/mol. The van der Waals surface area contributed by atoms with Crippen LogP contribution in [0, 0.1) is 12.7 Å². The fourth-order valence-electron chi connectivity index (χ4n) is 2.44. The van der Waals surface area contributed by atoms with Gasteiger partial charge in [-0.15, -0.1) is 11.3 Å². The van der Waals surface area contributed by atoms with E-state index in [-0.39, 0.29) is 11.4 Å². The van der Waals surface area contributed by atoms with Crippen LogP contribution in [0.5, 0.6) is 0 Å². The number of benzene rings is 2. The third-order valence-corrected chi connectivity index (χ3v) is 6.06. The van der Waals surface area contributed by atoms with Crippen molar-refractivity contribution in [2.45, 2.75) is 12.7 Å². The minimum absolute atomic E-state index is 0.213. The standard InChI is InChI=1S/C19H17FN2O3S2/c1-13-5-7-14(8-6-13)19-22-17(10-26-19)11-27(24,25)12-18(23)21-16-4-2-3-15(20)9-16/h2-10H,11-12H2,1H3,(H,21,23). The van der Waals surface area contributed by atoms with Crippen LogP contribution in [0.2, 0.25) is 0 Å². The molecule has 27 heavy (non-hydrogen) atoms. The quantitative estimate of drug-likeness (QED) is 0.678. The summed E-state index contributed by atoms with van der Waals surface area (Å²) in [6, 6.07) is 13.1. The lowest BCUT2D eigenvalue weighted by atomic mass is 10.2. The fourth-order valence-corrected chi connectivity index (χ4v) is 4.54. The number of aryl methyl sites for hydroxylation is 1. The van der Waals surface area contributed by atoms with Gasteiger partial charge in [-0.05, 0) is 25.1 Å². The number of halogens is 1. The van der Waals surface area contributed by atoms with Crippen molar-refractivity contribution in [3.63, 3.8) is 0 Å². The maximum Gasteiger partial charge on any atom is 0.239 e. The average molecular weight is 404 g/mol. The summed E-state index contributed by atoms with van der Waals surface area (Å²) in [7, 11) is -3.70. The van der Waals surface area contributed by atoms with Gasteiger partial charge in [0, 0.05) is 16.6 Å². The van der Waals surface area contributed by atoms with Crippen LogP contribution in [0.1, 0.15) is 11.3 Å². The Hall–Kier alpha value is -2.58. The monoisotopic (exact) mass is 404 g/mol. The second kappa shape index (κ2) is 7.98. The maximum absolute atomic E-state index is 13.1. The highest BCUT2D eigenvalue weighted by Gasteiger charge is 2.19. The van der Waals surface area contributed by atoms with Gasteiger partial charge in [0.2, 0.25) is 5.91 Å². The van der Waals surface area contributed by atoms with Gasteiger partial charge in [-0.2, -0.15) is 0 Å². The van der Waals surface area contributed by atoms with Gasteiger partial charge < -0.3 is 5.32 Å². The Labute approximate surface area is 160 Å². The molecule has 140 valence electrons. The van der Waals surface area contributed by atoms with Crippen molar-refractivity contribution in [2.75, 3.05) is 11.1 Å². The molecule has 0 bridgehead atoms. The summed E-state index contributed by atoms with van der Waals surface area (Å²) in [6.45, 7) is 1.98. The molecular formula is C19H17FN2O3S2. The molecule has 1 heterocycles. The highest BCUT2D eigenvalue weighted by Crippen LogP contribution is 2.25. The van der Waals surface area contributed by atoms with Gasteiger partial charge in [0.15, 0.2) is 9.84 Å². The number of sulfone groups is 1. The summed E-state index contributed by atoms with van der Waals surface area (Å²) >= 11 is 1.35. The van der Waals surface area contributed by atoms with Crippen molar-refractivity contribution in [1.82, 2.24) is 4.98 Å². The van der Waals surface area contributed by atoms with Crippen molar-refractivity contribution in [3.05, 3.63) is 71.0 Å². The molecule has 8 heteroatoms. The van der Waals surface area contributed by atoms with Crippen molar-refractivity contribution in [3.8, 4) is 10.6 Å². The summed E-state index contributed by atoms with van der Waals surface area (Å²) in [5, 5.41) is 4.79. The molecule has 3 aromatic rings. The van der Waals surface area contributed by atoms with Gasteiger partial charge in [-0.1, -0.05) is 35.9 Å². The first kappa shape index (κ1) is 19.2. The summed E-state index contributed by atoms with van der Waals surface area (Å²) in [5.41, 5.74) is 2.65. The molecule has 0 radical (unpaired) electrons. The van der Waals surface area contributed by atoms with Crippen molar-refractivity contribution < 1.29 is 17.6 Å². The van der Waals surface area contributed by atoms with Gasteiger partial charge in [-0.3, -0.25) is 4.79 Å². The Kier molecular flexibility index (Phi) is 5.67. The van der Waals surface area contributed by atoms with Crippen LogP contribution < -0.4 is 5.32 Å². The minimum atomic E-state index is -3.70. The van der Waals surface area contributed by atoms with Crippen LogP contribution in [0.4, 0.5) is 10.1 Å². The number of rotatable bonds is 6. The number of carbonyl (C=O) groups is 1. The second-order valence-electron chi connectivity index (χ2n) is 6.10. The van der Waals surface area contributed by atoms with E-state index in [9.17, 15) is 17.6 Å². The topological polar surface area (TPSA) is 76.1 Å². The first-order chi connectivity index (χ1) is 12.8. The SMILES string of the molecule is Cc1ccc(-c2nc(CS(=O)(=O)CC(=O)Nc3cccc(F)c3)cs2)cc1. The number of carbonyl (C=O) groups excluding carboxylic acids is 1. The molecule has 2 aromatic carbocycles. The minimum Gasteiger partial charge on any atom is -0.325 e. The highest BCUT2D eigenvalue weighted by molar-refractivity contribution is 7.91. The van der Waals surface area contributed by atoms with E-state index in [4.69, 9.17) is 0 Å². The molecule has 0 aliphatic rings. The first-order valence-electron chi connectivity index (χ1n) is 8.08. The van der Waals surface area contributed by atoms with Crippen LogP contribution in [-0.4, -0.2) is 25.1 Å². The van der Waals surface area contributed by atoms with Gasteiger partial charge >= 0.3 is 0 Å². The molecule has 3 rings (SSSR count). The lowest BCUT2D eigenvalue weighted by Crippen LogP contribution is -2.24. The Morgan fingerprint density at radius 3 is 2.63 bits per heavy atom. The highest BCUT2D eigenvalue weighted by atomic mass is 32.2. The number of nitrogens with one attached hydrogen (secondary N) is 1. The summed E-state index contributed by atoms with van der Waals surface area (Å²) in [5.74, 6) is -2.25. The zero-order valence-electron chi connectivity index (χ0n) is 14.5. The molecule has 0 aliphatic heterocycles. The third-order valence-electron chi connectivity index (χ3n) is 3.68. The Morgan fingerprint density at radius 1 is 1.19 bits per heavy atom. The number of amides is 1. The van der Waals surface area contributed by atoms with E-state index in [2.05, 4.69) is 10.3 Å². The van der Waals surface area contributed by atoms with Crippen LogP contribution in [0.15, 0.2) is 53.9 Å². The van der Waals surface area contributed by atoms with E-state index in [1.807, 2.05) is 31.2 Å². The van der Waals surface area contributed by atoms with Crippen LogP contribution in [0.25, 0.3) is 10.6 Å². The summed E-state index contributed by atoms with van der Waals surface area (Å²) in [6.07, 6.45) is 0. The molecule has 1 amide bonds. The molecule has 1 aromatic heterocycles. The zero-order valence-corrected chi connectivity index (χ0v) is 16.1. The molecule has 0 aliphatic carbocycles. The van der Waals surface area contributed by atoms with Gasteiger partial charge in [0.05, 0.1) is 11.4 Å². The van der Waals surface area contributed by atoms with Gasteiger partial charge in [0.25, 0.3) is 0 Å². The lowest BCUT2D eigenvalue weighted by molar-refractivity contribution is -0.113. The van der Waals surface area contributed by atoms with Gasteiger partial charge in [0.1, 0.15) is 16.6 Å². The molecule has 0 saturated heterocycles. The molecule has 0 atom stereocenters. The van der Waals surface area contributed by atoms with Crippen molar-refractivity contribution >= 4 is 32.8 Å². The van der Waals surface area contributed by atoms with E-state index in [0.717, 1.165) is 22.2 Å². The third kappa shape index (κ3) is 5.45. The molecule has 0 saturated carbocycles.